The predicted octanol–water partition coefficient (Wildman–Crippen LogP) is 4.23. The molecule has 0 atom stereocenters. The van der Waals surface area contributed by atoms with Crippen molar-refractivity contribution in [2.75, 3.05) is 4.72 Å². The quantitative estimate of drug-likeness (QED) is 0.847. The Morgan fingerprint density at radius 1 is 1.00 bits per heavy atom. The first-order valence-corrected chi connectivity index (χ1v) is 9.00. The maximum Gasteiger partial charge on any atom is 0.272 e. The molecule has 4 nitrogen and oxygen atoms in total. The van der Waals surface area contributed by atoms with E-state index >= 15 is 0 Å². The van der Waals surface area contributed by atoms with Crippen LogP contribution in [0.3, 0.4) is 0 Å². The largest absolute Gasteiger partial charge is 0.279 e. The molecule has 0 heterocycles. The van der Waals surface area contributed by atoms with Crippen LogP contribution in [0.5, 0.6) is 0 Å². The average Bonchev–Trinajstić information content (AvgIpc) is 2.50. The first-order valence-electron chi connectivity index (χ1n) is 7.52. The summed E-state index contributed by atoms with van der Waals surface area (Å²) in [5.41, 5.74) is 4.96. The van der Waals surface area contributed by atoms with Crippen LogP contribution in [0, 0.1) is 39.0 Å². The number of nitrogens with one attached hydrogen (secondary N) is 1. The summed E-state index contributed by atoms with van der Waals surface area (Å²) in [6, 6.07) is 12.9. The first kappa shape index (κ1) is 17.8. The Labute approximate surface area is 143 Å². The number of aryl methyl sites for hydroxylation is 4. The second kappa shape index (κ2) is 6.90. The van der Waals surface area contributed by atoms with Gasteiger partial charge in [-0.25, -0.2) is 8.42 Å². The van der Waals surface area contributed by atoms with Crippen LogP contribution in [-0.4, -0.2) is 8.42 Å². The molecule has 0 saturated heterocycles. The van der Waals surface area contributed by atoms with E-state index in [1.165, 1.54) is 6.08 Å². The summed E-state index contributed by atoms with van der Waals surface area (Å²) in [5.74, 6) is 0. The number of sulfonamides is 1. The number of nitrogens with zero attached hydrogens (tertiary/aromatic N) is 1. The van der Waals surface area contributed by atoms with Crippen LogP contribution in [0.15, 0.2) is 41.3 Å². The highest BCUT2D eigenvalue weighted by Gasteiger charge is 2.19. The summed E-state index contributed by atoms with van der Waals surface area (Å²) < 4.78 is 27.6. The monoisotopic (exact) mass is 340 g/mol. The first-order chi connectivity index (χ1) is 11.2. The van der Waals surface area contributed by atoms with Crippen molar-refractivity contribution in [2.45, 2.75) is 27.7 Å². The summed E-state index contributed by atoms with van der Waals surface area (Å²) in [6.07, 6.45) is 1.41. The highest BCUT2D eigenvalue weighted by molar-refractivity contribution is 7.97. The SMILES string of the molecule is Cc1ccc(NS(=O)(=O)/C(C#N)=C\c2cc(C)ccc2C)c(C)c1. The molecule has 1 N–H and O–H groups in total. The van der Waals surface area contributed by atoms with Gasteiger partial charge in [0, 0.05) is 0 Å². The van der Waals surface area contributed by atoms with Gasteiger partial charge in [-0.1, -0.05) is 41.5 Å². The molecule has 0 aliphatic carbocycles. The number of hydrogen-bond donors (Lipinski definition) is 1. The molecule has 5 heteroatoms. The predicted molar refractivity (Wildman–Crippen MR) is 98.0 cm³/mol. The van der Waals surface area contributed by atoms with Crippen LogP contribution in [-0.2, 0) is 10.0 Å². The van der Waals surface area contributed by atoms with E-state index in [0.717, 1.165) is 27.8 Å². The van der Waals surface area contributed by atoms with Gasteiger partial charge in [-0.2, -0.15) is 5.26 Å². The van der Waals surface area contributed by atoms with Gasteiger partial charge in [-0.3, -0.25) is 4.72 Å². The fourth-order valence-corrected chi connectivity index (χ4v) is 3.39. The van der Waals surface area contributed by atoms with E-state index in [1.807, 2.05) is 58.0 Å². The van der Waals surface area contributed by atoms with E-state index in [1.54, 1.807) is 12.1 Å². The maximum atomic E-state index is 12.6. The second-order valence-electron chi connectivity index (χ2n) is 5.90. The van der Waals surface area contributed by atoms with Gasteiger partial charge >= 0.3 is 0 Å². The van der Waals surface area contributed by atoms with Crippen LogP contribution in [0.4, 0.5) is 5.69 Å². The van der Waals surface area contributed by atoms with E-state index in [-0.39, 0.29) is 4.91 Å². The Bertz CT molecular complexity index is 952. The molecule has 0 radical (unpaired) electrons. The minimum absolute atomic E-state index is 0.309. The van der Waals surface area contributed by atoms with E-state index in [9.17, 15) is 13.7 Å². The number of hydrogen-bond acceptors (Lipinski definition) is 3. The van der Waals surface area contributed by atoms with Crippen molar-refractivity contribution in [2.24, 2.45) is 0 Å². The lowest BCUT2D eigenvalue weighted by atomic mass is 10.1. The third-order valence-electron chi connectivity index (χ3n) is 3.75. The molecular formula is C19H20N2O2S. The zero-order chi connectivity index (χ0) is 17.9. The third-order valence-corrected chi connectivity index (χ3v) is 5.02. The van der Waals surface area contributed by atoms with Crippen LogP contribution >= 0.6 is 0 Å². The van der Waals surface area contributed by atoms with Gasteiger partial charge in [-0.15, -0.1) is 0 Å². The highest BCUT2D eigenvalue weighted by Crippen LogP contribution is 2.22. The summed E-state index contributed by atoms with van der Waals surface area (Å²) in [6.45, 7) is 7.56. The molecule has 0 spiro atoms. The Morgan fingerprint density at radius 3 is 2.25 bits per heavy atom. The normalized spacial score (nSPS) is 11.9. The Morgan fingerprint density at radius 2 is 1.62 bits per heavy atom. The number of benzene rings is 2. The fourth-order valence-electron chi connectivity index (χ4n) is 2.35. The van der Waals surface area contributed by atoms with Crippen LogP contribution in [0.2, 0.25) is 0 Å². The topological polar surface area (TPSA) is 70.0 Å². The van der Waals surface area contributed by atoms with Gasteiger partial charge in [0.1, 0.15) is 6.07 Å². The average molecular weight is 340 g/mol. The molecule has 0 amide bonds. The summed E-state index contributed by atoms with van der Waals surface area (Å²) >= 11 is 0. The number of allylic oxidation sites excluding steroid dienone is 1. The molecule has 2 aromatic carbocycles. The Balaban J connectivity index is 2.43. The van der Waals surface area contributed by atoms with E-state index in [4.69, 9.17) is 0 Å². The molecule has 0 aliphatic heterocycles. The molecule has 124 valence electrons. The van der Waals surface area contributed by atoms with Crippen LogP contribution in [0.1, 0.15) is 27.8 Å². The van der Waals surface area contributed by atoms with Gasteiger partial charge in [0.15, 0.2) is 4.91 Å². The number of rotatable bonds is 4. The summed E-state index contributed by atoms with van der Waals surface area (Å²) in [4.78, 5) is -0.309. The summed E-state index contributed by atoms with van der Waals surface area (Å²) in [5, 5.41) is 9.34. The molecule has 0 unspecified atom stereocenters. The molecule has 2 rings (SSSR count). The molecule has 0 saturated carbocycles. The van der Waals surface area contributed by atoms with Gasteiger partial charge in [0.25, 0.3) is 10.0 Å². The molecular weight excluding hydrogens is 320 g/mol. The van der Waals surface area contributed by atoms with E-state index < -0.39 is 10.0 Å². The molecule has 24 heavy (non-hydrogen) atoms. The molecule has 0 aliphatic rings. The molecule has 0 fully saturated rings. The van der Waals surface area contributed by atoms with Crippen molar-refractivity contribution in [3.63, 3.8) is 0 Å². The lowest BCUT2D eigenvalue weighted by Crippen LogP contribution is -2.15. The number of nitriles is 1. The van der Waals surface area contributed by atoms with Gasteiger partial charge in [-0.05, 0) is 56.5 Å². The Hall–Kier alpha value is -2.58. The van der Waals surface area contributed by atoms with Crippen molar-refractivity contribution in [3.05, 3.63) is 69.1 Å². The van der Waals surface area contributed by atoms with Crippen molar-refractivity contribution < 1.29 is 8.42 Å². The highest BCUT2D eigenvalue weighted by atomic mass is 32.2. The fraction of sp³-hybridized carbons (Fsp3) is 0.211. The lowest BCUT2D eigenvalue weighted by Gasteiger charge is -2.11. The zero-order valence-corrected chi connectivity index (χ0v) is 15.0. The van der Waals surface area contributed by atoms with Crippen LogP contribution < -0.4 is 4.72 Å². The van der Waals surface area contributed by atoms with Crippen molar-refractivity contribution in [1.29, 1.82) is 5.26 Å². The standard InChI is InChI=1S/C19H20N2O2S/c1-13-6-8-19(16(4)9-13)21-24(22,23)18(12-20)11-17-10-14(2)5-7-15(17)3/h5-11,21H,1-4H3/b18-11-. The number of anilines is 1. The van der Waals surface area contributed by atoms with E-state index in [2.05, 4.69) is 4.72 Å². The smallest absolute Gasteiger partial charge is 0.272 e. The molecule has 2 aromatic rings. The third kappa shape index (κ3) is 4.03. The summed E-state index contributed by atoms with van der Waals surface area (Å²) in [7, 11) is -3.94. The van der Waals surface area contributed by atoms with Crippen molar-refractivity contribution in [3.8, 4) is 6.07 Å². The zero-order valence-electron chi connectivity index (χ0n) is 14.2. The molecule has 0 bridgehead atoms. The van der Waals surface area contributed by atoms with Crippen molar-refractivity contribution in [1.82, 2.24) is 0 Å². The Kier molecular flexibility index (Phi) is 5.10. The molecule has 0 aromatic heterocycles. The van der Waals surface area contributed by atoms with Gasteiger partial charge in [0.2, 0.25) is 0 Å². The van der Waals surface area contributed by atoms with Gasteiger partial charge in [0.05, 0.1) is 5.69 Å². The second-order valence-corrected chi connectivity index (χ2v) is 7.56. The van der Waals surface area contributed by atoms with E-state index in [0.29, 0.717) is 5.69 Å². The van der Waals surface area contributed by atoms with Crippen molar-refractivity contribution >= 4 is 21.8 Å². The minimum atomic E-state index is -3.94. The van der Waals surface area contributed by atoms with Crippen LogP contribution in [0.25, 0.3) is 6.08 Å². The minimum Gasteiger partial charge on any atom is -0.279 e. The maximum absolute atomic E-state index is 12.6. The van der Waals surface area contributed by atoms with Gasteiger partial charge < -0.3 is 0 Å². The lowest BCUT2D eigenvalue weighted by molar-refractivity contribution is 0.608.